The minimum Gasteiger partial charge on any atom is -0.337 e. The summed E-state index contributed by atoms with van der Waals surface area (Å²) in [5.74, 6) is 0.873. The normalized spacial score (nSPS) is 13.5. The fourth-order valence-corrected chi connectivity index (χ4v) is 3.10. The number of hydrogen-bond donors (Lipinski definition) is 0. The monoisotopic (exact) mass is 337 g/mol. The fraction of sp³-hybridized carbons (Fsp3) is 0.333. The van der Waals surface area contributed by atoms with Crippen LogP contribution in [0.5, 0.6) is 0 Å². The number of nitrogens with zero attached hydrogens (tertiary/aromatic N) is 5. The molecule has 0 unspecified atom stereocenters. The zero-order chi connectivity index (χ0) is 17.2. The summed E-state index contributed by atoms with van der Waals surface area (Å²) >= 11 is 0. The van der Waals surface area contributed by atoms with Crippen LogP contribution < -0.4 is 0 Å². The van der Waals surface area contributed by atoms with E-state index in [0.717, 1.165) is 37.1 Å². The number of fused-ring (bicyclic) bond motifs is 1. The molecule has 7 heteroatoms. The first-order valence-corrected chi connectivity index (χ1v) is 8.40. The minimum absolute atomic E-state index is 0.0670. The summed E-state index contributed by atoms with van der Waals surface area (Å²) in [6, 6.07) is 9.61. The number of amides is 1. The molecule has 0 N–H and O–H groups in total. The molecular weight excluding hydrogens is 318 g/mol. The van der Waals surface area contributed by atoms with Gasteiger partial charge in [-0.25, -0.2) is 0 Å². The van der Waals surface area contributed by atoms with Gasteiger partial charge < -0.3 is 9.42 Å². The van der Waals surface area contributed by atoms with Gasteiger partial charge >= 0.3 is 0 Å². The van der Waals surface area contributed by atoms with Gasteiger partial charge in [0.05, 0.1) is 17.5 Å². The summed E-state index contributed by atoms with van der Waals surface area (Å²) in [6.45, 7) is 1.15. The molecule has 2 aromatic heterocycles. The van der Waals surface area contributed by atoms with E-state index < -0.39 is 0 Å². The molecule has 0 spiro atoms. The molecule has 3 heterocycles. The standard InChI is InChI=1S/C18H19N5O2/c1-22(18(24)14-11-19-23-10-6-5-9-15(14)23)12-16-20-17(21-25-16)13-7-3-2-4-8-13/h2-4,7-8,11H,5-6,9-10,12H2,1H3. The number of carbonyl (C=O) groups is 1. The predicted molar refractivity (Wildman–Crippen MR) is 90.7 cm³/mol. The van der Waals surface area contributed by atoms with Crippen molar-refractivity contribution in [1.82, 2.24) is 24.8 Å². The van der Waals surface area contributed by atoms with E-state index >= 15 is 0 Å². The van der Waals surface area contributed by atoms with E-state index in [9.17, 15) is 4.79 Å². The number of hydrogen-bond acceptors (Lipinski definition) is 5. The number of rotatable bonds is 4. The summed E-state index contributed by atoms with van der Waals surface area (Å²) < 4.78 is 7.23. The highest BCUT2D eigenvalue weighted by atomic mass is 16.5. The predicted octanol–water partition coefficient (Wildman–Crippen LogP) is 2.54. The Bertz CT molecular complexity index is 884. The molecule has 128 valence electrons. The molecule has 25 heavy (non-hydrogen) atoms. The average Bonchev–Trinajstić information content (AvgIpc) is 3.29. The summed E-state index contributed by atoms with van der Waals surface area (Å²) in [7, 11) is 1.74. The zero-order valence-electron chi connectivity index (χ0n) is 14.1. The lowest BCUT2D eigenvalue weighted by Crippen LogP contribution is -2.27. The highest BCUT2D eigenvalue weighted by Crippen LogP contribution is 2.20. The summed E-state index contributed by atoms with van der Waals surface area (Å²) in [5, 5.41) is 8.32. The van der Waals surface area contributed by atoms with Crippen LogP contribution in [0.4, 0.5) is 0 Å². The molecule has 0 saturated carbocycles. The first kappa shape index (κ1) is 15.6. The minimum atomic E-state index is -0.0670. The van der Waals surface area contributed by atoms with Crippen LogP contribution in [0.15, 0.2) is 41.1 Å². The molecule has 1 aliphatic rings. The highest BCUT2D eigenvalue weighted by Gasteiger charge is 2.23. The molecule has 7 nitrogen and oxygen atoms in total. The number of benzene rings is 1. The Morgan fingerprint density at radius 2 is 2.12 bits per heavy atom. The van der Waals surface area contributed by atoms with Crippen molar-refractivity contribution in [3.05, 3.63) is 53.7 Å². The van der Waals surface area contributed by atoms with Crippen molar-refractivity contribution in [3.8, 4) is 11.4 Å². The number of aromatic nitrogens is 4. The van der Waals surface area contributed by atoms with Gasteiger partial charge in [0.25, 0.3) is 5.91 Å². The van der Waals surface area contributed by atoms with E-state index in [2.05, 4.69) is 15.2 Å². The second kappa shape index (κ2) is 6.51. The molecule has 0 atom stereocenters. The van der Waals surface area contributed by atoms with Crippen LogP contribution >= 0.6 is 0 Å². The lowest BCUT2D eigenvalue weighted by Gasteiger charge is -2.17. The zero-order valence-corrected chi connectivity index (χ0v) is 14.1. The lowest BCUT2D eigenvalue weighted by molar-refractivity contribution is 0.0768. The van der Waals surface area contributed by atoms with Crippen LogP contribution in [-0.2, 0) is 19.5 Å². The van der Waals surface area contributed by atoms with Crippen LogP contribution in [0, 0.1) is 0 Å². The SMILES string of the molecule is CN(Cc1nc(-c2ccccc2)no1)C(=O)c1cnn2c1CCCC2. The Kier molecular flexibility index (Phi) is 4.05. The third-order valence-corrected chi connectivity index (χ3v) is 4.43. The molecule has 3 aromatic rings. The van der Waals surface area contributed by atoms with E-state index in [4.69, 9.17) is 4.52 Å². The van der Waals surface area contributed by atoms with E-state index in [1.807, 2.05) is 35.0 Å². The molecule has 1 aromatic carbocycles. The Labute approximate surface area is 145 Å². The van der Waals surface area contributed by atoms with E-state index in [1.165, 1.54) is 0 Å². The maximum Gasteiger partial charge on any atom is 0.257 e. The molecule has 4 rings (SSSR count). The quantitative estimate of drug-likeness (QED) is 0.731. The topological polar surface area (TPSA) is 77.1 Å². The van der Waals surface area contributed by atoms with Crippen LogP contribution in [0.25, 0.3) is 11.4 Å². The molecule has 0 saturated heterocycles. The van der Waals surface area contributed by atoms with Gasteiger partial charge in [0.15, 0.2) is 0 Å². The summed E-state index contributed by atoms with van der Waals surface area (Å²) in [5.41, 5.74) is 2.58. The molecule has 1 aliphatic heterocycles. The Morgan fingerprint density at radius 1 is 1.28 bits per heavy atom. The second-order valence-corrected chi connectivity index (χ2v) is 6.22. The average molecular weight is 337 g/mol. The Balaban J connectivity index is 1.49. The third kappa shape index (κ3) is 3.05. The molecule has 1 amide bonds. The summed E-state index contributed by atoms with van der Waals surface area (Å²) in [4.78, 5) is 18.7. The second-order valence-electron chi connectivity index (χ2n) is 6.22. The van der Waals surface area contributed by atoms with E-state index in [-0.39, 0.29) is 12.5 Å². The molecular formula is C18H19N5O2. The summed E-state index contributed by atoms with van der Waals surface area (Å²) in [6.07, 6.45) is 4.78. The molecule has 0 aliphatic carbocycles. The van der Waals surface area contributed by atoms with Crippen molar-refractivity contribution in [2.45, 2.75) is 32.4 Å². The van der Waals surface area contributed by atoms with Gasteiger partial charge in [-0.3, -0.25) is 9.48 Å². The smallest absolute Gasteiger partial charge is 0.257 e. The van der Waals surface area contributed by atoms with E-state index in [1.54, 1.807) is 18.1 Å². The Hall–Kier alpha value is -2.96. The maximum absolute atomic E-state index is 12.7. The van der Waals surface area contributed by atoms with Gasteiger partial charge in [0.2, 0.25) is 11.7 Å². The third-order valence-electron chi connectivity index (χ3n) is 4.43. The van der Waals surface area contributed by atoms with Crippen molar-refractivity contribution < 1.29 is 9.32 Å². The van der Waals surface area contributed by atoms with Gasteiger partial charge in [0, 0.05) is 19.2 Å². The molecule has 0 bridgehead atoms. The van der Waals surface area contributed by atoms with Crippen LogP contribution in [0.3, 0.4) is 0 Å². The first-order chi connectivity index (χ1) is 12.2. The largest absolute Gasteiger partial charge is 0.337 e. The van der Waals surface area contributed by atoms with Crippen molar-refractivity contribution in [3.63, 3.8) is 0 Å². The van der Waals surface area contributed by atoms with Crippen LogP contribution in [0.2, 0.25) is 0 Å². The fourth-order valence-electron chi connectivity index (χ4n) is 3.10. The van der Waals surface area contributed by atoms with Gasteiger partial charge in [0.1, 0.15) is 6.54 Å². The van der Waals surface area contributed by atoms with Crippen molar-refractivity contribution >= 4 is 5.91 Å². The highest BCUT2D eigenvalue weighted by molar-refractivity contribution is 5.95. The van der Waals surface area contributed by atoms with Crippen molar-refractivity contribution in [2.75, 3.05) is 7.05 Å². The number of aryl methyl sites for hydroxylation is 1. The molecule has 0 fully saturated rings. The Morgan fingerprint density at radius 3 is 2.96 bits per heavy atom. The van der Waals surface area contributed by atoms with E-state index in [0.29, 0.717) is 17.3 Å². The van der Waals surface area contributed by atoms with Gasteiger partial charge in [-0.2, -0.15) is 10.1 Å². The van der Waals surface area contributed by atoms with Crippen molar-refractivity contribution in [1.29, 1.82) is 0 Å². The molecule has 0 radical (unpaired) electrons. The van der Waals surface area contributed by atoms with Crippen LogP contribution in [-0.4, -0.2) is 37.8 Å². The van der Waals surface area contributed by atoms with Crippen LogP contribution in [0.1, 0.15) is 34.8 Å². The maximum atomic E-state index is 12.7. The lowest BCUT2D eigenvalue weighted by atomic mass is 10.1. The first-order valence-electron chi connectivity index (χ1n) is 8.40. The van der Waals surface area contributed by atoms with Crippen molar-refractivity contribution in [2.24, 2.45) is 0 Å². The number of carbonyl (C=O) groups excluding carboxylic acids is 1. The van der Waals surface area contributed by atoms with Gasteiger partial charge in [-0.15, -0.1) is 0 Å². The van der Waals surface area contributed by atoms with Gasteiger partial charge in [-0.05, 0) is 19.3 Å². The van der Waals surface area contributed by atoms with Gasteiger partial charge in [-0.1, -0.05) is 35.5 Å².